The zero-order valence-corrected chi connectivity index (χ0v) is 9.60. The minimum absolute atomic E-state index is 0.406. The molecule has 14 heavy (non-hydrogen) atoms. The van der Waals surface area contributed by atoms with E-state index < -0.39 is 0 Å². The van der Waals surface area contributed by atoms with Crippen LogP contribution in [0.5, 0.6) is 5.75 Å². The topological polar surface area (TPSA) is 35.2 Å². The molecular formula is C11H12BrNO. The highest BCUT2D eigenvalue weighted by Crippen LogP contribution is 2.28. The van der Waals surface area contributed by atoms with Crippen LogP contribution in [-0.2, 0) is 6.54 Å². The summed E-state index contributed by atoms with van der Waals surface area (Å²) in [6.45, 7) is 2.69. The monoisotopic (exact) mass is 253 g/mol. The summed E-state index contributed by atoms with van der Waals surface area (Å²) in [5, 5.41) is 0. The standard InChI is InChI=1S/C11H12BrNO/c1-2-3-7-14-10-6-4-5-9(8-13)11(10)12/h4-6H,7-8,13H2,1H3. The molecule has 0 aromatic heterocycles. The summed E-state index contributed by atoms with van der Waals surface area (Å²) in [6, 6.07) is 5.77. The minimum Gasteiger partial charge on any atom is -0.480 e. The predicted octanol–water partition coefficient (Wildman–Crippen LogP) is 2.31. The van der Waals surface area contributed by atoms with Crippen molar-refractivity contribution in [2.24, 2.45) is 5.73 Å². The molecule has 1 aromatic rings. The molecule has 0 saturated carbocycles. The van der Waals surface area contributed by atoms with Crippen LogP contribution in [0.1, 0.15) is 12.5 Å². The number of halogens is 1. The van der Waals surface area contributed by atoms with E-state index in [2.05, 4.69) is 27.8 Å². The second-order valence-corrected chi connectivity index (χ2v) is 3.44. The molecule has 1 aromatic carbocycles. The van der Waals surface area contributed by atoms with Gasteiger partial charge in [0, 0.05) is 6.54 Å². The van der Waals surface area contributed by atoms with Gasteiger partial charge in [0.1, 0.15) is 12.4 Å². The van der Waals surface area contributed by atoms with Gasteiger partial charge in [0.2, 0.25) is 0 Å². The van der Waals surface area contributed by atoms with Gasteiger partial charge in [0.15, 0.2) is 0 Å². The van der Waals surface area contributed by atoms with Crippen molar-refractivity contribution in [3.8, 4) is 17.6 Å². The smallest absolute Gasteiger partial charge is 0.149 e. The Balaban J connectivity index is 2.79. The summed E-state index contributed by atoms with van der Waals surface area (Å²) in [7, 11) is 0. The maximum absolute atomic E-state index is 5.56. The number of ether oxygens (including phenoxy) is 1. The molecule has 0 aliphatic heterocycles. The summed E-state index contributed by atoms with van der Waals surface area (Å²) in [5.41, 5.74) is 6.60. The van der Waals surface area contributed by atoms with E-state index in [9.17, 15) is 0 Å². The van der Waals surface area contributed by atoms with Gasteiger partial charge in [-0.3, -0.25) is 0 Å². The normalized spacial score (nSPS) is 9.07. The third-order valence-corrected chi connectivity index (χ3v) is 2.64. The van der Waals surface area contributed by atoms with Crippen LogP contribution < -0.4 is 10.5 Å². The Labute approximate surface area is 92.6 Å². The van der Waals surface area contributed by atoms with Gasteiger partial charge in [-0.15, -0.1) is 5.92 Å². The third-order valence-electron chi connectivity index (χ3n) is 1.74. The van der Waals surface area contributed by atoms with E-state index in [0.717, 1.165) is 15.8 Å². The highest BCUT2D eigenvalue weighted by molar-refractivity contribution is 9.10. The molecule has 2 nitrogen and oxygen atoms in total. The van der Waals surface area contributed by atoms with Crippen molar-refractivity contribution in [1.82, 2.24) is 0 Å². The van der Waals surface area contributed by atoms with Crippen molar-refractivity contribution in [1.29, 1.82) is 0 Å². The van der Waals surface area contributed by atoms with Gasteiger partial charge in [-0.05, 0) is 34.5 Å². The van der Waals surface area contributed by atoms with Crippen molar-refractivity contribution in [3.05, 3.63) is 28.2 Å². The molecule has 0 aliphatic rings. The Bertz CT molecular complexity index is 365. The molecular weight excluding hydrogens is 242 g/mol. The summed E-state index contributed by atoms with van der Waals surface area (Å²) in [5.74, 6) is 6.40. The lowest BCUT2D eigenvalue weighted by Crippen LogP contribution is -2.00. The van der Waals surface area contributed by atoms with Crippen LogP contribution in [0, 0.1) is 11.8 Å². The van der Waals surface area contributed by atoms with Gasteiger partial charge in [-0.25, -0.2) is 0 Å². The quantitative estimate of drug-likeness (QED) is 0.840. The largest absolute Gasteiger partial charge is 0.480 e. The van der Waals surface area contributed by atoms with E-state index in [1.165, 1.54) is 0 Å². The van der Waals surface area contributed by atoms with Gasteiger partial charge >= 0.3 is 0 Å². The summed E-state index contributed by atoms with van der Waals surface area (Å²) >= 11 is 3.44. The van der Waals surface area contributed by atoms with E-state index in [1.54, 1.807) is 6.92 Å². The highest BCUT2D eigenvalue weighted by atomic mass is 79.9. The SMILES string of the molecule is CC#CCOc1cccc(CN)c1Br. The van der Waals surface area contributed by atoms with Crippen LogP contribution in [0.3, 0.4) is 0 Å². The number of benzene rings is 1. The molecule has 0 amide bonds. The molecule has 1 rings (SSSR count). The number of rotatable bonds is 3. The van der Waals surface area contributed by atoms with E-state index >= 15 is 0 Å². The average molecular weight is 254 g/mol. The summed E-state index contributed by atoms with van der Waals surface area (Å²) in [6.07, 6.45) is 0. The van der Waals surface area contributed by atoms with Gasteiger partial charge in [0.05, 0.1) is 4.47 Å². The molecule has 0 heterocycles. The first-order valence-electron chi connectivity index (χ1n) is 4.29. The molecule has 0 unspecified atom stereocenters. The fourth-order valence-corrected chi connectivity index (χ4v) is 1.55. The Morgan fingerprint density at radius 1 is 1.50 bits per heavy atom. The molecule has 3 heteroatoms. The fourth-order valence-electron chi connectivity index (χ4n) is 1.01. The summed E-state index contributed by atoms with van der Waals surface area (Å²) in [4.78, 5) is 0. The first-order valence-corrected chi connectivity index (χ1v) is 5.08. The van der Waals surface area contributed by atoms with Crippen LogP contribution in [0.15, 0.2) is 22.7 Å². The van der Waals surface area contributed by atoms with E-state index in [0.29, 0.717) is 13.2 Å². The first-order chi connectivity index (χ1) is 6.79. The minimum atomic E-state index is 0.406. The van der Waals surface area contributed by atoms with Crippen LogP contribution in [0.2, 0.25) is 0 Å². The van der Waals surface area contributed by atoms with E-state index in [4.69, 9.17) is 10.5 Å². The van der Waals surface area contributed by atoms with Crippen molar-refractivity contribution in [3.63, 3.8) is 0 Å². The molecule has 0 aliphatic carbocycles. The molecule has 0 bridgehead atoms. The second-order valence-electron chi connectivity index (χ2n) is 2.65. The van der Waals surface area contributed by atoms with Gasteiger partial charge < -0.3 is 10.5 Å². The molecule has 2 N–H and O–H groups in total. The number of hydrogen-bond donors (Lipinski definition) is 1. The average Bonchev–Trinajstić information content (AvgIpc) is 2.21. The van der Waals surface area contributed by atoms with Crippen molar-refractivity contribution < 1.29 is 4.74 Å². The van der Waals surface area contributed by atoms with Crippen LogP contribution in [-0.4, -0.2) is 6.61 Å². The lowest BCUT2D eigenvalue weighted by molar-refractivity contribution is 0.367. The van der Waals surface area contributed by atoms with Crippen molar-refractivity contribution in [2.45, 2.75) is 13.5 Å². The molecule has 0 spiro atoms. The molecule has 0 radical (unpaired) electrons. The Morgan fingerprint density at radius 2 is 2.29 bits per heavy atom. The molecule has 0 saturated heterocycles. The lowest BCUT2D eigenvalue weighted by atomic mass is 10.2. The maximum atomic E-state index is 5.56. The third kappa shape index (κ3) is 2.76. The number of nitrogens with two attached hydrogens (primary N) is 1. The van der Waals surface area contributed by atoms with E-state index in [-0.39, 0.29) is 0 Å². The molecule has 0 fully saturated rings. The Hall–Kier alpha value is -0.980. The Kier molecular flexibility index (Phi) is 4.51. The van der Waals surface area contributed by atoms with Gasteiger partial charge in [0.25, 0.3) is 0 Å². The zero-order chi connectivity index (χ0) is 10.4. The van der Waals surface area contributed by atoms with E-state index in [1.807, 2.05) is 18.2 Å². The zero-order valence-electron chi connectivity index (χ0n) is 8.01. The fraction of sp³-hybridized carbons (Fsp3) is 0.273. The molecule has 0 atom stereocenters. The second kappa shape index (κ2) is 5.69. The Morgan fingerprint density at radius 3 is 2.93 bits per heavy atom. The molecule has 74 valence electrons. The van der Waals surface area contributed by atoms with Crippen LogP contribution in [0.4, 0.5) is 0 Å². The van der Waals surface area contributed by atoms with Crippen molar-refractivity contribution in [2.75, 3.05) is 6.61 Å². The van der Waals surface area contributed by atoms with Crippen molar-refractivity contribution >= 4 is 15.9 Å². The van der Waals surface area contributed by atoms with Crippen LogP contribution >= 0.6 is 15.9 Å². The summed E-state index contributed by atoms with van der Waals surface area (Å²) < 4.78 is 6.36. The van der Waals surface area contributed by atoms with Gasteiger partial charge in [-0.1, -0.05) is 18.1 Å². The number of hydrogen-bond acceptors (Lipinski definition) is 2. The predicted molar refractivity (Wildman–Crippen MR) is 61.0 cm³/mol. The van der Waals surface area contributed by atoms with Crippen LogP contribution in [0.25, 0.3) is 0 Å². The maximum Gasteiger partial charge on any atom is 0.149 e. The highest BCUT2D eigenvalue weighted by Gasteiger charge is 2.03. The first kappa shape index (κ1) is 11.1. The van der Waals surface area contributed by atoms with Gasteiger partial charge in [-0.2, -0.15) is 0 Å². The lowest BCUT2D eigenvalue weighted by Gasteiger charge is -2.07.